The average molecular weight is 407 g/mol. The Morgan fingerprint density at radius 3 is 1.97 bits per heavy atom. The van der Waals surface area contributed by atoms with Crippen LogP contribution >= 0.6 is 0 Å². The first-order valence-electron chi connectivity index (χ1n) is 13.2. The Kier molecular flexibility index (Phi) is 2.99. The van der Waals surface area contributed by atoms with Crippen LogP contribution in [-0.2, 0) is 9.53 Å². The van der Waals surface area contributed by atoms with Crippen LogP contribution in [-0.4, -0.2) is 11.6 Å². The van der Waals surface area contributed by atoms with Crippen molar-refractivity contribution in [3.05, 3.63) is 12.2 Å². The molecule has 0 amide bonds. The zero-order valence-electron chi connectivity index (χ0n) is 19.1. The lowest BCUT2D eigenvalue weighted by molar-refractivity contribution is -0.174. The summed E-state index contributed by atoms with van der Waals surface area (Å²) >= 11 is 0. The molecule has 8 aliphatic carbocycles. The molecule has 8 rings (SSSR count). The summed E-state index contributed by atoms with van der Waals surface area (Å²) in [5.74, 6) is 13.5. The third kappa shape index (κ3) is 1.79. The van der Waals surface area contributed by atoms with Crippen LogP contribution in [0.25, 0.3) is 0 Å². The molecule has 0 aromatic carbocycles. The fourth-order valence-corrected chi connectivity index (χ4v) is 12.5. The fourth-order valence-electron chi connectivity index (χ4n) is 12.5. The molecule has 8 bridgehead atoms. The first-order chi connectivity index (χ1) is 14.3. The number of ether oxygens (including phenoxy) is 1. The molecule has 0 radical (unpaired) electrons. The zero-order chi connectivity index (χ0) is 20.3. The second-order valence-electron chi connectivity index (χ2n) is 14.3. The Labute approximate surface area is 181 Å². The van der Waals surface area contributed by atoms with E-state index in [2.05, 4.69) is 19.1 Å². The lowest BCUT2D eigenvalue weighted by Crippen LogP contribution is -2.50. The van der Waals surface area contributed by atoms with Crippen LogP contribution in [0.4, 0.5) is 0 Å². The highest BCUT2D eigenvalue weighted by Gasteiger charge is 2.77. The highest BCUT2D eigenvalue weighted by molar-refractivity contribution is 5.78. The smallest absolute Gasteiger partial charge is 0.312 e. The van der Waals surface area contributed by atoms with Crippen LogP contribution in [0.1, 0.15) is 59.8 Å². The second-order valence-corrected chi connectivity index (χ2v) is 14.3. The molecular formula is C28H38O2. The first-order valence-corrected chi connectivity index (χ1v) is 13.2. The van der Waals surface area contributed by atoms with Crippen molar-refractivity contribution in [1.29, 1.82) is 0 Å². The van der Waals surface area contributed by atoms with Gasteiger partial charge in [0.2, 0.25) is 0 Å². The van der Waals surface area contributed by atoms with E-state index in [4.69, 9.17) is 4.74 Å². The summed E-state index contributed by atoms with van der Waals surface area (Å²) in [4.78, 5) is 13.3. The molecule has 30 heavy (non-hydrogen) atoms. The van der Waals surface area contributed by atoms with Crippen LogP contribution in [0.15, 0.2) is 12.2 Å². The van der Waals surface area contributed by atoms with Crippen LogP contribution < -0.4 is 0 Å². The molecule has 15 atom stereocenters. The predicted octanol–water partition coefficient (Wildman–Crippen LogP) is 5.58. The standard InChI is InChI=1S/C28H38O2/c1-27(2,3)30-26(29)28(4)11-14-8-19(28)25-18-10-17(22(14)25)23-15-9-16(24(18)23)21-13-6-5-12(7-13)20(15)21/h5-6,12-25H,7-11H2,1-4H3. The molecule has 7 fully saturated rings. The Morgan fingerprint density at radius 2 is 1.37 bits per heavy atom. The van der Waals surface area contributed by atoms with Gasteiger partial charge in [-0.15, -0.1) is 0 Å². The SMILES string of the molecule is CC(C)(C)OC(=O)C1(C)CC2CC1C1C3CC(C21)C1C2CC(C4C5C=CC(C5)C24)C31. The van der Waals surface area contributed by atoms with Crippen molar-refractivity contribution in [2.24, 2.45) is 88.3 Å². The molecular weight excluding hydrogens is 368 g/mol. The van der Waals surface area contributed by atoms with Gasteiger partial charge in [0.1, 0.15) is 5.60 Å². The van der Waals surface area contributed by atoms with Crippen LogP contribution in [0.2, 0.25) is 0 Å². The maximum atomic E-state index is 13.3. The number of carbonyl (C=O) groups is 1. The maximum absolute atomic E-state index is 13.3. The van der Waals surface area contributed by atoms with Gasteiger partial charge >= 0.3 is 5.97 Å². The largest absolute Gasteiger partial charge is 0.460 e. The summed E-state index contributed by atoms with van der Waals surface area (Å²) in [7, 11) is 0. The highest BCUT2D eigenvalue weighted by Crippen LogP contribution is 2.82. The van der Waals surface area contributed by atoms with Gasteiger partial charge in [-0.25, -0.2) is 0 Å². The maximum Gasteiger partial charge on any atom is 0.312 e. The van der Waals surface area contributed by atoms with Crippen LogP contribution in [0, 0.1) is 88.3 Å². The first kappa shape index (κ1) is 17.7. The number of fused-ring (bicyclic) bond motifs is 23. The van der Waals surface area contributed by atoms with Crippen molar-refractivity contribution < 1.29 is 9.53 Å². The summed E-state index contributed by atoms with van der Waals surface area (Å²) in [5, 5.41) is 0. The quantitative estimate of drug-likeness (QED) is 0.323. The van der Waals surface area contributed by atoms with Gasteiger partial charge < -0.3 is 4.74 Å². The van der Waals surface area contributed by atoms with E-state index in [1.165, 1.54) is 19.3 Å². The summed E-state index contributed by atoms with van der Waals surface area (Å²) < 4.78 is 5.99. The molecule has 0 aromatic rings. The minimum absolute atomic E-state index is 0.117. The third-order valence-corrected chi connectivity index (χ3v) is 12.5. The molecule has 0 aromatic heterocycles. The topological polar surface area (TPSA) is 26.3 Å². The van der Waals surface area contributed by atoms with E-state index >= 15 is 0 Å². The van der Waals surface area contributed by atoms with Gasteiger partial charge in [0.25, 0.3) is 0 Å². The molecule has 2 heteroatoms. The Hall–Kier alpha value is -0.790. The van der Waals surface area contributed by atoms with Crippen molar-refractivity contribution in [1.82, 2.24) is 0 Å². The van der Waals surface area contributed by atoms with E-state index in [1.807, 2.05) is 20.8 Å². The monoisotopic (exact) mass is 406 g/mol. The van der Waals surface area contributed by atoms with Gasteiger partial charge in [0, 0.05) is 0 Å². The number of allylic oxidation sites excluding steroid dienone is 2. The number of hydrogen-bond acceptors (Lipinski definition) is 2. The predicted molar refractivity (Wildman–Crippen MR) is 115 cm³/mol. The number of esters is 1. The normalized spacial score (nSPS) is 64.8. The summed E-state index contributed by atoms with van der Waals surface area (Å²) in [5.41, 5.74) is -0.579. The van der Waals surface area contributed by atoms with Gasteiger partial charge in [0.05, 0.1) is 5.41 Å². The van der Waals surface area contributed by atoms with Crippen molar-refractivity contribution in [3.63, 3.8) is 0 Å². The molecule has 2 nitrogen and oxygen atoms in total. The lowest BCUT2D eigenvalue weighted by Gasteiger charge is -2.52. The number of hydrogen-bond donors (Lipinski definition) is 0. The van der Waals surface area contributed by atoms with E-state index < -0.39 is 0 Å². The highest BCUT2D eigenvalue weighted by atomic mass is 16.6. The van der Waals surface area contributed by atoms with E-state index in [1.54, 1.807) is 6.42 Å². The molecule has 0 saturated heterocycles. The third-order valence-electron chi connectivity index (χ3n) is 12.5. The van der Waals surface area contributed by atoms with Crippen molar-refractivity contribution in [2.75, 3.05) is 0 Å². The van der Waals surface area contributed by atoms with Crippen molar-refractivity contribution in [3.8, 4) is 0 Å². The molecule has 0 N–H and O–H groups in total. The molecule has 7 saturated carbocycles. The van der Waals surface area contributed by atoms with Gasteiger partial charge in [-0.2, -0.15) is 0 Å². The van der Waals surface area contributed by atoms with E-state index in [0.717, 1.165) is 83.4 Å². The van der Waals surface area contributed by atoms with Crippen molar-refractivity contribution in [2.45, 2.75) is 65.4 Å². The number of rotatable bonds is 1. The van der Waals surface area contributed by atoms with E-state index in [9.17, 15) is 4.79 Å². The summed E-state index contributed by atoms with van der Waals surface area (Å²) in [6.45, 7) is 8.37. The number of carbonyl (C=O) groups excluding carboxylic acids is 1. The van der Waals surface area contributed by atoms with Gasteiger partial charge in [0.15, 0.2) is 0 Å². The minimum atomic E-state index is -0.365. The van der Waals surface area contributed by atoms with Gasteiger partial charge in [-0.05, 0) is 143 Å². The minimum Gasteiger partial charge on any atom is -0.460 e. The van der Waals surface area contributed by atoms with Crippen LogP contribution in [0.5, 0.6) is 0 Å². The fraction of sp³-hybridized carbons (Fsp3) is 0.893. The molecule has 0 aliphatic heterocycles. The van der Waals surface area contributed by atoms with Crippen molar-refractivity contribution >= 4 is 5.97 Å². The lowest BCUT2D eigenvalue weighted by atomic mass is 9.53. The molecule has 15 unspecified atom stereocenters. The van der Waals surface area contributed by atoms with Crippen LogP contribution in [0.3, 0.4) is 0 Å². The van der Waals surface area contributed by atoms with E-state index in [-0.39, 0.29) is 17.0 Å². The average Bonchev–Trinajstić information content (AvgIpc) is 3.50. The zero-order valence-corrected chi connectivity index (χ0v) is 19.1. The summed E-state index contributed by atoms with van der Waals surface area (Å²) in [6, 6.07) is 0. The van der Waals surface area contributed by atoms with E-state index in [0.29, 0.717) is 5.92 Å². The Balaban J connectivity index is 1.12. The Bertz CT molecular complexity index is 866. The molecule has 162 valence electrons. The summed E-state index contributed by atoms with van der Waals surface area (Å²) in [6.07, 6.45) is 12.2. The Morgan fingerprint density at radius 1 is 0.800 bits per heavy atom. The molecule has 8 aliphatic rings. The molecule has 0 heterocycles. The molecule has 0 spiro atoms. The second kappa shape index (κ2) is 5.07. The van der Waals surface area contributed by atoms with Gasteiger partial charge in [-0.3, -0.25) is 4.79 Å². The van der Waals surface area contributed by atoms with Gasteiger partial charge in [-0.1, -0.05) is 12.2 Å².